The van der Waals surface area contributed by atoms with Crippen LogP contribution in [-0.4, -0.2) is 36.2 Å². The van der Waals surface area contributed by atoms with Gasteiger partial charge in [-0.15, -0.1) is 11.3 Å². The summed E-state index contributed by atoms with van der Waals surface area (Å²) in [5.74, 6) is 1.63. The largest absolute Gasteiger partial charge is 0.496 e. The Morgan fingerprint density at radius 1 is 1.10 bits per heavy atom. The van der Waals surface area contributed by atoms with Crippen LogP contribution >= 0.6 is 22.9 Å². The van der Waals surface area contributed by atoms with Gasteiger partial charge in [-0.1, -0.05) is 23.7 Å². The molecule has 0 atom stereocenters. The lowest BCUT2D eigenvalue weighted by molar-refractivity contribution is 0.170. The van der Waals surface area contributed by atoms with Gasteiger partial charge in [0.25, 0.3) is 0 Å². The SMILES string of the molecule is COc1cc(-c2ncc(-c3ccc(OC(C)C)c(Cl)c3)s2)ccc1CN1CCC1. The monoisotopic (exact) mass is 428 g/mol. The second kappa shape index (κ2) is 8.74. The first-order valence-electron chi connectivity index (χ1n) is 9.85. The minimum absolute atomic E-state index is 0.0902. The molecule has 1 aliphatic heterocycles. The highest BCUT2D eigenvalue weighted by Gasteiger charge is 2.17. The predicted molar refractivity (Wildman–Crippen MR) is 120 cm³/mol. The van der Waals surface area contributed by atoms with Crippen molar-refractivity contribution in [2.75, 3.05) is 20.2 Å². The third-order valence-corrected chi connectivity index (χ3v) is 6.35. The average Bonchev–Trinajstić information content (AvgIpc) is 3.16. The van der Waals surface area contributed by atoms with Gasteiger partial charge in [-0.2, -0.15) is 0 Å². The summed E-state index contributed by atoms with van der Waals surface area (Å²) >= 11 is 8.05. The predicted octanol–water partition coefficient (Wildman–Crippen LogP) is 6.13. The molecule has 1 saturated heterocycles. The van der Waals surface area contributed by atoms with Crippen molar-refractivity contribution in [3.63, 3.8) is 0 Å². The van der Waals surface area contributed by atoms with Crippen molar-refractivity contribution in [1.29, 1.82) is 0 Å². The summed E-state index contributed by atoms with van der Waals surface area (Å²) in [5, 5.41) is 1.58. The highest BCUT2D eigenvalue weighted by Crippen LogP contribution is 2.37. The van der Waals surface area contributed by atoms with Gasteiger partial charge < -0.3 is 9.47 Å². The molecule has 0 bridgehead atoms. The van der Waals surface area contributed by atoms with Gasteiger partial charge in [0.15, 0.2) is 0 Å². The van der Waals surface area contributed by atoms with Gasteiger partial charge in [0.1, 0.15) is 16.5 Å². The summed E-state index contributed by atoms with van der Waals surface area (Å²) < 4.78 is 11.4. The molecule has 29 heavy (non-hydrogen) atoms. The van der Waals surface area contributed by atoms with Crippen LogP contribution in [0.25, 0.3) is 21.0 Å². The minimum Gasteiger partial charge on any atom is -0.496 e. The molecule has 0 aliphatic carbocycles. The Hall–Kier alpha value is -2.08. The maximum atomic E-state index is 6.40. The third kappa shape index (κ3) is 4.58. The maximum absolute atomic E-state index is 6.40. The number of ether oxygens (including phenoxy) is 2. The van der Waals surface area contributed by atoms with Gasteiger partial charge in [-0.25, -0.2) is 4.98 Å². The minimum atomic E-state index is 0.0902. The van der Waals surface area contributed by atoms with Gasteiger partial charge in [-0.3, -0.25) is 4.90 Å². The fourth-order valence-electron chi connectivity index (χ4n) is 3.33. The van der Waals surface area contributed by atoms with E-state index >= 15 is 0 Å². The van der Waals surface area contributed by atoms with Crippen molar-refractivity contribution < 1.29 is 9.47 Å². The number of rotatable bonds is 7. The number of aromatic nitrogens is 1. The molecule has 1 fully saturated rings. The molecule has 3 aromatic rings. The number of thiazole rings is 1. The van der Waals surface area contributed by atoms with Crippen molar-refractivity contribution in [3.05, 3.63) is 53.2 Å². The van der Waals surface area contributed by atoms with Crippen LogP contribution < -0.4 is 9.47 Å². The lowest BCUT2D eigenvalue weighted by Gasteiger charge is -2.31. The molecule has 2 aromatic carbocycles. The molecule has 0 saturated carbocycles. The van der Waals surface area contributed by atoms with Crippen LogP contribution in [0.15, 0.2) is 42.6 Å². The summed E-state index contributed by atoms with van der Waals surface area (Å²) in [6.45, 7) is 7.26. The lowest BCUT2D eigenvalue weighted by Crippen LogP contribution is -2.36. The summed E-state index contributed by atoms with van der Waals surface area (Å²) in [6, 6.07) is 12.3. The molecule has 152 valence electrons. The first-order valence-corrected chi connectivity index (χ1v) is 11.0. The van der Waals surface area contributed by atoms with Gasteiger partial charge >= 0.3 is 0 Å². The van der Waals surface area contributed by atoms with E-state index in [-0.39, 0.29) is 6.10 Å². The van der Waals surface area contributed by atoms with Crippen LogP contribution in [0.5, 0.6) is 11.5 Å². The van der Waals surface area contributed by atoms with E-state index in [1.54, 1.807) is 18.4 Å². The number of likely N-dealkylation sites (tertiary alicyclic amines) is 1. The number of hydrogen-bond donors (Lipinski definition) is 0. The number of halogens is 1. The molecule has 4 nitrogen and oxygen atoms in total. The van der Waals surface area contributed by atoms with Gasteiger partial charge in [-0.05, 0) is 63.2 Å². The molecule has 6 heteroatoms. The van der Waals surface area contributed by atoms with Crippen LogP contribution in [0.1, 0.15) is 25.8 Å². The molecule has 0 spiro atoms. The first-order chi connectivity index (χ1) is 14.0. The Morgan fingerprint density at radius 2 is 1.90 bits per heavy atom. The van der Waals surface area contributed by atoms with E-state index in [1.807, 2.05) is 38.2 Å². The van der Waals surface area contributed by atoms with Crippen LogP contribution in [0, 0.1) is 0 Å². The van der Waals surface area contributed by atoms with Crippen LogP contribution in [0.3, 0.4) is 0 Å². The topological polar surface area (TPSA) is 34.6 Å². The molecule has 1 aromatic heterocycles. The second-order valence-corrected chi connectivity index (χ2v) is 8.94. The van der Waals surface area contributed by atoms with Gasteiger partial charge in [0.05, 0.1) is 23.1 Å². The zero-order valence-electron chi connectivity index (χ0n) is 16.9. The van der Waals surface area contributed by atoms with Crippen molar-refractivity contribution >= 4 is 22.9 Å². The van der Waals surface area contributed by atoms with E-state index in [4.69, 9.17) is 21.1 Å². The Kier molecular flexibility index (Phi) is 6.09. The van der Waals surface area contributed by atoms with Gasteiger partial charge in [0, 0.05) is 23.9 Å². The van der Waals surface area contributed by atoms with Crippen LogP contribution in [-0.2, 0) is 6.54 Å². The average molecular weight is 429 g/mol. The van der Waals surface area contributed by atoms with Crippen molar-refractivity contribution in [2.45, 2.75) is 32.9 Å². The molecule has 0 radical (unpaired) electrons. The number of methoxy groups -OCH3 is 1. The molecule has 4 rings (SSSR count). The molecule has 0 unspecified atom stereocenters. The summed E-state index contributed by atoms with van der Waals surface area (Å²) in [6.07, 6.45) is 3.28. The Bertz CT molecular complexity index is 998. The fourth-order valence-corrected chi connectivity index (χ4v) is 4.47. The number of hydrogen-bond acceptors (Lipinski definition) is 5. The van der Waals surface area contributed by atoms with Crippen LogP contribution in [0.2, 0.25) is 5.02 Å². The zero-order valence-corrected chi connectivity index (χ0v) is 18.5. The third-order valence-electron chi connectivity index (χ3n) is 4.96. The maximum Gasteiger partial charge on any atom is 0.138 e. The van der Waals surface area contributed by atoms with E-state index in [1.165, 1.54) is 25.1 Å². The lowest BCUT2D eigenvalue weighted by atomic mass is 10.1. The molecular formula is C23H25ClN2O2S. The van der Waals surface area contributed by atoms with E-state index in [2.05, 4.69) is 28.1 Å². The second-order valence-electron chi connectivity index (χ2n) is 7.50. The summed E-state index contributed by atoms with van der Waals surface area (Å²) in [4.78, 5) is 8.13. The normalized spacial score (nSPS) is 14.1. The van der Waals surface area contributed by atoms with E-state index in [0.717, 1.165) is 33.3 Å². The van der Waals surface area contributed by atoms with E-state index in [0.29, 0.717) is 10.8 Å². The molecule has 0 amide bonds. The fraction of sp³-hybridized carbons (Fsp3) is 0.348. The van der Waals surface area contributed by atoms with Crippen LogP contribution in [0.4, 0.5) is 0 Å². The van der Waals surface area contributed by atoms with Gasteiger partial charge in [0.2, 0.25) is 0 Å². The molecule has 2 heterocycles. The quantitative estimate of drug-likeness (QED) is 0.453. The highest BCUT2D eigenvalue weighted by molar-refractivity contribution is 7.18. The van der Waals surface area contributed by atoms with E-state index in [9.17, 15) is 0 Å². The van der Waals surface area contributed by atoms with Crippen molar-refractivity contribution in [2.24, 2.45) is 0 Å². The standard InChI is InChI=1S/C23H25ClN2O2S/c1-15(2)28-20-8-7-16(11-19(20)24)22-13-25-23(29-22)17-5-6-18(21(12-17)27-3)14-26-9-4-10-26/h5-8,11-13,15H,4,9-10,14H2,1-3H3. The van der Waals surface area contributed by atoms with E-state index < -0.39 is 0 Å². The van der Waals surface area contributed by atoms with Crippen molar-refractivity contribution in [1.82, 2.24) is 9.88 Å². The summed E-state index contributed by atoms with van der Waals surface area (Å²) in [5.41, 5.74) is 3.33. The molecule has 1 aliphatic rings. The number of benzene rings is 2. The molecule has 0 N–H and O–H groups in total. The van der Waals surface area contributed by atoms with Crippen molar-refractivity contribution in [3.8, 4) is 32.5 Å². The number of nitrogens with zero attached hydrogens (tertiary/aromatic N) is 2. The first kappa shape index (κ1) is 20.2. The molecular weight excluding hydrogens is 404 g/mol. The highest BCUT2D eigenvalue weighted by atomic mass is 35.5. The Labute approximate surface area is 181 Å². The summed E-state index contributed by atoms with van der Waals surface area (Å²) in [7, 11) is 1.73. The zero-order chi connectivity index (χ0) is 20.4. The Morgan fingerprint density at radius 3 is 2.55 bits per heavy atom. The smallest absolute Gasteiger partial charge is 0.138 e. The Balaban J connectivity index is 1.56.